The number of nitrogens with zero attached hydrogens (tertiary/aromatic N) is 1. The topological polar surface area (TPSA) is 46.6 Å². The zero-order chi connectivity index (χ0) is 19.6. The second-order valence-corrected chi connectivity index (χ2v) is 7.88. The van der Waals surface area contributed by atoms with Crippen molar-refractivity contribution in [2.75, 3.05) is 13.2 Å². The molecule has 1 aliphatic heterocycles. The SMILES string of the molecule is Cc1cc(C)c(/C=C2\SC(=O)N(CCOc3ccc(Cl)cc3)C2=O)c(C)c1. The molecule has 2 amide bonds. The lowest BCUT2D eigenvalue weighted by Crippen LogP contribution is -2.32. The number of thioether (sulfide) groups is 1. The maximum Gasteiger partial charge on any atom is 0.293 e. The summed E-state index contributed by atoms with van der Waals surface area (Å²) in [7, 11) is 0. The molecule has 2 aromatic carbocycles. The van der Waals surface area contributed by atoms with E-state index in [0.717, 1.165) is 28.5 Å². The molecule has 4 nitrogen and oxygen atoms in total. The number of halogens is 1. The van der Waals surface area contributed by atoms with Gasteiger partial charge in [-0.25, -0.2) is 0 Å². The van der Waals surface area contributed by atoms with Crippen molar-refractivity contribution >= 4 is 40.6 Å². The van der Waals surface area contributed by atoms with E-state index in [1.807, 2.05) is 26.8 Å². The lowest BCUT2D eigenvalue weighted by atomic mass is 9.99. The first-order chi connectivity index (χ1) is 12.8. The smallest absolute Gasteiger partial charge is 0.293 e. The summed E-state index contributed by atoms with van der Waals surface area (Å²) in [6.07, 6.45) is 1.81. The summed E-state index contributed by atoms with van der Waals surface area (Å²) in [6.45, 7) is 6.50. The van der Waals surface area contributed by atoms with Crippen LogP contribution >= 0.6 is 23.4 Å². The van der Waals surface area contributed by atoms with Gasteiger partial charge in [0.25, 0.3) is 11.1 Å². The van der Waals surface area contributed by atoms with E-state index in [9.17, 15) is 9.59 Å². The van der Waals surface area contributed by atoms with Crippen LogP contribution < -0.4 is 4.74 Å². The summed E-state index contributed by atoms with van der Waals surface area (Å²) in [6, 6.07) is 11.1. The number of hydrogen-bond donors (Lipinski definition) is 0. The summed E-state index contributed by atoms with van der Waals surface area (Å²) in [5.41, 5.74) is 4.34. The van der Waals surface area contributed by atoms with Crippen LogP contribution in [0.1, 0.15) is 22.3 Å². The van der Waals surface area contributed by atoms with Crippen LogP contribution in [0.2, 0.25) is 5.02 Å². The molecule has 27 heavy (non-hydrogen) atoms. The zero-order valence-corrected chi connectivity index (χ0v) is 17.0. The molecule has 2 aromatic rings. The van der Waals surface area contributed by atoms with Gasteiger partial charge in [0, 0.05) is 5.02 Å². The summed E-state index contributed by atoms with van der Waals surface area (Å²) in [4.78, 5) is 26.6. The maximum atomic E-state index is 12.6. The fraction of sp³-hybridized carbons (Fsp3) is 0.238. The Hall–Kier alpha value is -2.24. The molecule has 0 spiro atoms. The number of carbonyl (C=O) groups is 2. The van der Waals surface area contributed by atoms with E-state index in [1.54, 1.807) is 24.3 Å². The highest BCUT2D eigenvalue weighted by Crippen LogP contribution is 2.33. The molecule has 0 bridgehead atoms. The number of aryl methyl sites for hydroxylation is 3. The Morgan fingerprint density at radius 3 is 2.33 bits per heavy atom. The molecular weight excluding hydrogens is 382 g/mol. The molecule has 1 saturated heterocycles. The monoisotopic (exact) mass is 401 g/mol. The van der Waals surface area contributed by atoms with Crippen LogP contribution in [0.25, 0.3) is 6.08 Å². The largest absolute Gasteiger partial charge is 0.492 e. The average molecular weight is 402 g/mol. The van der Waals surface area contributed by atoms with Gasteiger partial charge in [0.1, 0.15) is 12.4 Å². The number of amides is 2. The summed E-state index contributed by atoms with van der Waals surface area (Å²) < 4.78 is 5.59. The Labute approximate surface area is 168 Å². The number of benzene rings is 2. The van der Waals surface area contributed by atoms with E-state index in [2.05, 4.69) is 12.1 Å². The number of hydrogen-bond acceptors (Lipinski definition) is 4. The minimum atomic E-state index is -0.274. The molecule has 0 N–H and O–H groups in total. The van der Waals surface area contributed by atoms with Crippen LogP contribution in [0.3, 0.4) is 0 Å². The molecule has 1 heterocycles. The van der Waals surface area contributed by atoms with Crippen molar-refractivity contribution in [2.45, 2.75) is 20.8 Å². The van der Waals surface area contributed by atoms with Gasteiger partial charge in [0.2, 0.25) is 0 Å². The Morgan fingerprint density at radius 1 is 1.07 bits per heavy atom. The first-order valence-corrected chi connectivity index (χ1v) is 9.76. The van der Waals surface area contributed by atoms with Crippen molar-refractivity contribution in [1.82, 2.24) is 4.90 Å². The third-order valence-electron chi connectivity index (χ3n) is 4.28. The van der Waals surface area contributed by atoms with Crippen molar-refractivity contribution in [2.24, 2.45) is 0 Å². The van der Waals surface area contributed by atoms with E-state index in [-0.39, 0.29) is 24.3 Å². The van der Waals surface area contributed by atoms with Crippen molar-refractivity contribution in [1.29, 1.82) is 0 Å². The van der Waals surface area contributed by atoms with Gasteiger partial charge in [-0.2, -0.15) is 0 Å². The Morgan fingerprint density at radius 2 is 1.70 bits per heavy atom. The predicted octanol–water partition coefficient (Wildman–Crippen LogP) is 5.38. The Bertz CT molecular complexity index is 899. The van der Waals surface area contributed by atoms with Gasteiger partial charge in [-0.05, 0) is 79.6 Å². The molecule has 140 valence electrons. The third kappa shape index (κ3) is 4.54. The van der Waals surface area contributed by atoms with Gasteiger partial charge >= 0.3 is 0 Å². The predicted molar refractivity (Wildman–Crippen MR) is 110 cm³/mol. The van der Waals surface area contributed by atoms with E-state index < -0.39 is 0 Å². The minimum absolute atomic E-state index is 0.205. The quantitative estimate of drug-likeness (QED) is 0.631. The van der Waals surface area contributed by atoms with Crippen molar-refractivity contribution in [3.05, 3.63) is 68.6 Å². The van der Waals surface area contributed by atoms with Crippen LogP contribution in [-0.2, 0) is 4.79 Å². The molecule has 0 unspecified atom stereocenters. The molecule has 0 saturated carbocycles. The van der Waals surface area contributed by atoms with Gasteiger partial charge in [-0.1, -0.05) is 29.3 Å². The molecule has 1 aliphatic rings. The van der Waals surface area contributed by atoms with Crippen LogP contribution in [-0.4, -0.2) is 29.2 Å². The minimum Gasteiger partial charge on any atom is -0.492 e. The van der Waals surface area contributed by atoms with E-state index >= 15 is 0 Å². The molecule has 0 radical (unpaired) electrons. The number of ether oxygens (including phenoxy) is 1. The number of rotatable bonds is 5. The lowest BCUT2D eigenvalue weighted by Gasteiger charge is -2.13. The van der Waals surface area contributed by atoms with Crippen LogP contribution in [0.5, 0.6) is 5.75 Å². The molecule has 1 fully saturated rings. The molecule has 0 atom stereocenters. The van der Waals surface area contributed by atoms with Gasteiger partial charge in [-0.15, -0.1) is 0 Å². The standard InChI is InChI=1S/C21H20ClNO3S/c1-13-10-14(2)18(15(3)11-13)12-19-20(24)23(21(25)27-19)8-9-26-17-6-4-16(22)5-7-17/h4-7,10-12H,8-9H2,1-3H3/b19-12-. The third-order valence-corrected chi connectivity index (χ3v) is 5.44. The molecule has 0 aliphatic carbocycles. The van der Waals surface area contributed by atoms with Gasteiger partial charge < -0.3 is 4.74 Å². The first kappa shape index (κ1) is 19.5. The van der Waals surface area contributed by atoms with Crippen LogP contribution in [0, 0.1) is 20.8 Å². The highest BCUT2D eigenvalue weighted by Gasteiger charge is 2.35. The van der Waals surface area contributed by atoms with E-state index in [1.165, 1.54) is 10.5 Å². The van der Waals surface area contributed by atoms with Crippen LogP contribution in [0.15, 0.2) is 41.3 Å². The average Bonchev–Trinajstić information content (AvgIpc) is 2.87. The number of imide groups is 1. The van der Waals surface area contributed by atoms with Crippen LogP contribution in [0.4, 0.5) is 4.79 Å². The van der Waals surface area contributed by atoms with Crippen molar-refractivity contribution in [3.8, 4) is 5.75 Å². The highest BCUT2D eigenvalue weighted by molar-refractivity contribution is 8.18. The first-order valence-electron chi connectivity index (χ1n) is 8.57. The summed E-state index contributed by atoms with van der Waals surface area (Å²) >= 11 is 6.81. The van der Waals surface area contributed by atoms with E-state index in [0.29, 0.717) is 15.7 Å². The molecule has 6 heteroatoms. The fourth-order valence-electron chi connectivity index (χ4n) is 3.03. The lowest BCUT2D eigenvalue weighted by molar-refractivity contribution is -0.123. The maximum absolute atomic E-state index is 12.6. The van der Waals surface area contributed by atoms with Gasteiger partial charge in [0.05, 0.1) is 11.4 Å². The Balaban J connectivity index is 1.69. The molecular formula is C21H20ClNO3S. The second-order valence-electron chi connectivity index (χ2n) is 6.45. The number of carbonyl (C=O) groups excluding carboxylic acids is 2. The summed E-state index contributed by atoms with van der Waals surface area (Å²) in [5.74, 6) is 0.372. The van der Waals surface area contributed by atoms with Gasteiger partial charge in [-0.3, -0.25) is 14.5 Å². The highest BCUT2D eigenvalue weighted by atomic mass is 35.5. The van der Waals surface area contributed by atoms with Crippen molar-refractivity contribution in [3.63, 3.8) is 0 Å². The normalized spacial score (nSPS) is 15.7. The van der Waals surface area contributed by atoms with Crippen molar-refractivity contribution < 1.29 is 14.3 Å². The Kier molecular flexibility index (Phi) is 5.92. The second kappa shape index (κ2) is 8.19. The molecule has 0 aromatic heterocycles. The summed E-state index contributed by atoms with van der Waals surface area (Å²) in [5, 5.41) is 0.355. The molecule has 3 rings (SSSR count). The van der Waals surface area contributed by atoms with Gasteiger partial charge in [0.15, 0.2) is 0 Å². The van der Waals surface area contributed by atoms with E-state index in [4.69, 9.17) is 16.3 Å². The zero-order valence-electron chi connectivity index (χ0n) is 15.4. The fourth-order valence-corrected chi connectivity index (χ4v) is 4.00.